The topological polar surface area (TPSA) is 157 Å². The van der Waals surface area contributed by atoms with Crippen molar-refractivity contribution in [1.82, 2.24) is 20.6 Å². The first-order valence-corrected chi connectivity index (χ1v) is 9.13. The van der Waals surface area contributed by atoms with Gasteiger partial charge in [0.25, 0.3) is 5.84 Å². The number of rotatable bonds is 10. The zero-order valence-electron chi connectivity index (χ0n) is 17.3. The highest BCUT2D eigenvalue weighted by Crippen LogP contribution is 2.27. The summed E-state index contributed by atoms with van der Waals surface area (Å²) in [5, 5.41) is 20.0. The number of nitrogens with one attached hydrogen (secondary N) is 2. The van der Waals surface area contributed by atoms with Gasteiger partial charge in [-0.15, -0.1) is 0 Å². The van der Waals surface area contributed by atoms with E-state index in [0.717, 1.165) is 6.20 Å². The number of carboxylic acid groups (broad SMARTS) is 1. The van der Waals surface area contributed by atoms with Crippen LogP contribution >= 0.6 is 0 Å². The standard InChI is InChI=1S/C20H23N5O6/c1-12(11-29-3)30-14-6-13(19(26)25-17(21)4-5-22-2)7-15(8-14)31-18-10-23-16(9-24-18)20(27)28/h4-10,12,22H,11H2,1-3H3,(H,27,28)(H2,21,25,26)/p+1/b5-4-/t12-/m0/s1. The van der Waals surface area contributed by atoms with Gasteiger partial charge in [-0.1, -0.05) is 0 Å². The number of hydrogen-bond donors (Lipinski definition) is 4. The maximum Gasteiger partial charge on any atom is 0.356 e. The summed E-state index contributed by atoms with van der Waals surface area (Å²) in [5.74, 6) is -0.930. The number of amides is 1. The van der Waals surface area contributed by atoms with Crippen LogP contribution in [0, 0.1) is 0 Å². The average molecular weight is 430 g/mol. The molecule has 1 aromatic carbocycles. The monoisotopic (exact) mass is 430 g/mol. The second-order valence-electron chi connectivity index (χ2n) is 6.26. The number of carboxylic acids is 1. The van der Waals surface area contributed by atoms with Crippen molar-refractivity contribution in [2.75, 3.05) is 20.8 Å². The number of methoxy groups -OCH3 is 1. The lowest BCUT2D eigenvalue weighted by molar-refractivity contribution is -0.115. The Bertz CT molecular complexity index is 961. The number of carbonyl (C=O) groups is 2. The van der Waals surface area contributed by atoms with Crippen LogP contribution in [0.2, 0.25) is 0 Å². The van der Waals surface area contributed by atoms with E-state index >= 15 is 0 Å². The first kappa shape index (κ1) is 23.3. The minimum absolute atomic E-state index is 0.0430. The Morgan fingerprint density at radius 1 is 1.23 bits per heavy atom. The van der Waals surface area contributed by atoms with Crippen LogP contribution in [-0.4, -0.2) is 59.7 Å². The molecule has 0 saturated heterocycles. The number of aromatic carboxylic acids is 1. The van der Waals surface area contributed by atoms with E-state index in [4.69, 9.17) is 24.7 Å². The summed E-state index contributed by atoms with van der Waals surface area (Å²) >= 11 is 0. The van der Waals surface area contributed by atoms with Crippen molar-refractivity contribution in [3.63, 3.8) is 0 Å². The molecule has 0 spiro atoms. The molecule has 1 amide bonds. The van der Waals surface area contributed by atoms with Gasteiger partial charge in [-0.25, -0.2) is 24.9 Å². The van der Waals surface area contributed by atoms with Crippen molar-refractivity contribution in [3.05, 3.63) is 54.1 Å². The Hall–Kier alpha value is -3.99. The summed E-state index contributed by atoms with van der Waals surface area (Å²) in [6.07, 6.45) is 5.00. The lowest BCUT2D eigenvalue weighted by atomic mass is 10.2. The molecule has 2 aromatic rings. The molecule has 1 aromatic heterocycles. The molecule has 11 heteroatoms. The van der Waals surface area contributed by atoms with Gasteiger partial charge in [-0.3, -0.25) is 5.41 Å². The third kappa shape index (κ3) is 7.40. The number of aromatic nitrogens is 2. The summed E-state index contributed by atoms with van der Waals surface area (Å²) in [7, 11) is 3.25. The molecule has 0 aliphatic carbocycles. The Morgan fingerprint density at radius 3 is 2.58 bits per heavy atom. The normalized spacial score (nSPS) is 11.6. The largest absolute Gasteiger partial charge is 0.488 e. The van der Waals surface area contributed by atoms with E-state index in [9.17, 15) is 9.59 Å². The highest BCUT2D eigenvalue weighted by atomic mass is 16.5. The lowest BCUT2D eigenvalue weighted by Gasteiger charge is -2.15. The Kier molecular flexibility index (Phi) is 8.46. The van der Waals surface area contributed by atoms with Crippen molar-refractivity contribution in [3.8, 4) is 17.4 Å². The van der Waals surface area contributed by atoms with Crippen molar-refractivity contribution >= 4 is 17.7 Å². The number of hydrogen-bond acceptors (Lipinski definition) is 8. The summed E-state index contributed by atoms with van der Waals surface area (Å²) in [6, 6.07) is 4.55. The van der Waals surface area contributed by atoms with E-state index < -0.39 is 11.9 Å². The van der Waals surface area contributed by atoms with E-state index in [1.807, 2.05) is 0 Å². The molecule has 0 fully saturated rings. The Balaban J connectivity index is 2.29. The molecule has 164 valence electrons. The van der Waals surface area contributed by atoms with Gasteiger partial charge in [-0.2, -0.15) is 0 Å². The van der Waals surface area contributed by atoms with Crippen molar-refractivity contribution in [2.45, 2.75) is 13.0 Å². The van der Waals surface area contributed by atoms with E-state index in [1.165, 1.54) is 24.4 Å². The van der Waals surface area contributed by atoms with Crippen LogP contribution in [-0.2, 0) is 4.74 Å². The van der Waals surface area contributed by atoms with Crippen LogP contribution in [0.3, 0.4) is 0 Å². The van der Waals surface area contributed by atoms with Crippen molar-refractivity contribution in [2.24, 2.45) is 0 Å². The smallest absolute Gasteiger partial charge is 0.356 e. The van der Waals surface area contributed by atoms with E-state index in [2.05, 4.69) is 20.6 Å². The quantitative estimate of drug-likeness (QED) is 0.301. The predicted molar refractivity (Wildman–Crippen MR) is 110 cm³/mol. The van der Waals surface area contributed by atoms with Gasteiger partial charge in [0.2, 0.25) is 5.88 Å². The SMILES string of the molecule is CN/C=C\C(=[NH2+])NC(=O)c1cc(Oc2cnc(C(=O)O)cn2)cc(O[C@@H](C)COC)c1. The second kappa shape index (κ2) is 11.3. The fraction of sp³-hybridized carbons (Fsp3) is 0.250. The van der Waals surface area contributed by atoms with E-state index in [0.29, 0.717) is 12.4 Å². The molecule has 0 bridgehead atoms. The molecule has 5 N–H and O–H groups in total. The molecule has 0 unspecified atom stereocenters. The number of nitrogens with zero attached hydrogens (tertiary/aromatic N) is 2. The van der Waals surface area contributed by atoms with Crippen LogP contribution in [0.25, 0.3) is 0 Å². The zero-order valence-corrected chi connectivity index (χ0v) is 17.3. The second-order valence-corrected chi connectivity index (χ2v) is 6.26. The number of nitrogens with two attached hydrogens (primary N) is 1. The van der Waals surface area contributed by atoms with E-state index in [-0.39, 0.29) is 34.8 Å². The molecule has 11 nitrogen and oxygen atoms in total. The maximum atomic E-state index is 12.6. The highest BCUT2D eigenvalue weighted by molar-refractivity contribution is 6.08. The summed E-state index contributed by atoms with van der Waals surface area (Å²) in [6.45, 7) is 2.14. The summed E-state index contributed by atoms with van der Waals surface area (Å²) < 4.78 is 16.5. The van der Waals surface area contributed by atoms with Gasteiger partial charge in [0.1, 0.15) is 17.6 Å². The third-order valence-electron chi connectivity index (χ3n) is 3.64. The first-order chi connectivity index (χ1) is 14.8. The molecule has 0 radical (unpaired) electrons. The minimum Gasteiger partial charge on any atom is -0.488 e. The number of amidine groups is 1. The molecule has 1 atom stereocenters. The lowest BCUT2D eigenvalue weighted by Crippen LogP contribution is -2.49. The number of ether oxygens (including phenoxy) is 3. The average Bonchev–Trinajstić information content (AvgIpc) is 2.72. The third-order valence-corrected chi connectivity index (χ3v) is 3.64. The van der Waals surface area contributed by atoms with Gasteiger partial charge in [0, 0.05) is 32.5 Å². The number of benzene rings is 1. The first-order valence-electron chi connectivity index (χ1n) is 9.13. The molecule has 1 heterocycles. The van der Waals surface area contributed by atoms with Gasteiger partial charge < -0.3 is 24.6 Å². The van der Waals surface area contributed by atoms with Crippen LogP contribution in [0.1, 0.15) is 27.8 Å². The fourth-order valence-electron chi connectivity index (χ4n) is 2.35. The number of carbonyl (C=O) groups excluding carboxylic acids is 1. The zero-order chi connectivity index (χ0) is 22.8. The van der Waals surface area contributed by atoms with Gasteiger partial charge >= 0.3 is 11.9 Å². The molecule has 0 aliphatic rings. The van der Waals surface area contributed by atoms with Crippen LogP contribution in [0.15, 0.2) is 42.9 Å². The van der Waals surface area contributed by atoms with Crippen molar-refractivity contribution < 1.29 is 34.3 Å². The van der Waals surface area contributed by atoms with Gasteiger partial charge in [0.15, 0.2) is 5.69 Å². The molecule has 31 heavy (non-hydrogen) atoms. The molecule has 2 rings (SSSR count). The molecule has 0 aliphatic heterocycles. The predicted octanol–water partition coefficient (Wildman–Crippen LogP) is 0.00130. The van der Waals surface area contributed by atoms with Crippen LogP contribution in [0.4, 0.5) is 0 Å². The van der Waals surface area contributed by atoms with E-state index in [1.54, 1.807) is 33.3 Å². The van der Waals surface area contributed by atoms with Crippen LogP contribution in [0.5, 0.6) is 17.4 Å². The Labute approximate surface area is 178 Å². The maximum absolute atomic E-state index is 12.6. The summed E-state index contributed by atoms with van der Waals surface area (Å²) in [4.78, 5) is 31.2. The van der Waals surface area contributed by atoms with Crippen molar-refractivity contribution in [1.29, 1.82) is 0 Å². The molecular formula is C20H24N5O6+. The summed E-state index contributed by atoms with van der Waals surface area (Å²) in [5.41, 5.74) is -0.00781. The fourth-order valence-corrected chi connectivity index (χ4v) is 2.35. The van der Waals surface area contributed by atoms with Gasteiger partial charge in [-0.05, 0) is 19.1 Å². The van der Waals surface area contributed by atoms with Gasteiger partial charge in [0.05, 0.1) is 24.6 Å². The molecule has 0 saturated carbocycles. The minimum atomic E-state index is -1.21. The van der Waals surface area contributed by atoms with Crippen LogP contribution < -0.4 is 25.5 Å². The molecular weight excluding hydrogens is 406 g/mol. The Morgan fingerprint density at radius 2 is 1.97 bits per heavy atom. The highest BCUT2D eigenvalue weighted by Gasteiger charge is 2.17.